The Bertz CT molecular complexity index is 775. The molecule has 6 nitrogen and oxygen atoms in total. The van der Waals surface area contributed by atoms with Crippen molar-refractivity contribution in [2.24, 2.45) is 0 Å². The minimum atomic E-state index is -3.59. The van der Waals surface area contributed by atoms with Crippen LogP contribution in [0.15, 0.2) is 36.4 Å². The van der Waals surface area contributed by atoms with Crippen molar-refractivity contribution in [1.82, 2.24) is 4.98 Å². The number of aromatic nitrogens is 1. The van der Waals surface area contributed by atoms with Crippen LogP contribution in [0.3, 0.4) is 0 Å². The van der Waals surface area contributed by atoms with Crippen molar-refractivity contribution in [2.75, 3.05) is 12.9 Å². The molecule has 0 saturated heterocycles. The van der Waals surface area contributed by atoms with Crippen LogP contribution in [-0.4, -0.2) is 26.3 Å². The van der Waals surface area contributed by atoms with Crippen LogP contribution in [0, 0.1) is 6.92 Å². The number of nitrogens with zero attached hydrogens (tertiary/aromatic N) is 1. The molecule has 7 heteroatoms. The molecular weight excluding hydrogens is 330 g/mol. The minimum absolute atomic E-state index is 0.189. The standard InChI is InChI=1S/C17H21NO5S/c1-4-21-16-10-13(2)18-17(15(16)12-23-24(3,19)20)22-11-14-8-6-5-7-9-14/h5-10H,4,11-12H2,1-3H3. The predicted molar refractivity (Wildman–Crippen MR) is 90.5 cm³/mol. The first-order chi connectivity index (χ1) is 11.4. The van der Waals surface area contributed by atoms with Crippen molar-refractivity contribution in [1.29, 1.82) is 0 Å². The Hall–Kier alpha value is -2.12. The predicted octanol–water partition coefficient (Wildman–Crippen LogP) is 2.84. The number of pyridine rings is 1. The lowest BCUT2D eigenvalue weighted by Gasteiger charge is -2.15. The molecule has 2 aromatic rings. The molecule has 0 aliphatic carbocycles. The monoisotopic (exact) mass is 351 g/mol. The van der Waals surface area contributed by atoms with Gasteiger partial charge in [-0.05, 0) is 19.4 Å². The third-order valence-electron chi connectivity index (χ3n) is 3.11. The van der Waals surface area contributed by atoms with Crippen LogP contribution in [0.2, 0.25) is 0 Å². The van der Waals surface area contributed by atoms with E-state index in [1.165, 1.54) is 0 Å². The Morgan fingerprint density at radius 3 is 2.42 bits per heavy atom. The summed E-state index contributed by atoms with van der Waals surface area (Å²) >= 11 is 0. The van der Waals surface area contributed by atoms with Gasteiger partial charge in [-0.2, -0.15) is 8.42 Å². The van der Waals surface area contributed by atoms with E-state index >= 15 is 0 Å². The molecule has 1 aromatic carbocycles. The normalized spacial score (nSPS) is 11.3. The molecule has 0 atom stereocenters. The number of rotatable bonds is 8. The Kier molecular flexibility index (Phi) is 6.16. The van der Waals surface area contributed by atoms with Gasteiger partial charge in [-0.1, -0.05) is 30.3 Å². The second-order valence-corrected chi connectivity index (χ2v) is 6.86. The highest BCUT2D eigenvalue weighted by atomic mass is 32.2. The molecule has 0 aliphatic rings. The molecule has 1 aromatic heterocycles. The molecule has 0 unspecified atom stereocenters. The van der Waals surface area contributed by atoms with E-state index in [2.05, 4.69) is 4.98 Å². The fourth-order valence-corrected chi connectivity index (χ4v) is 2.40. The van der Waals surface area contributed by atoms with Crippen molar-refractivity contribution < 1.29 is 22.1 Å². The summed E-state index contributed by atoms with van der Waals surface area (Å²) in [6.45, 7) is 4.23. The molecule has 2 rings (SSSR count). The van der Waals surface area contributed by atoms with Gasteiger partial charge in [0.15, 0.2) is 0 Å². The zero-order chi connectivity index (χ0) is 17.6. The SMILES string of the molecule is CCOc1cc(C)nc(OCc2ccccc2)c1COS(C)(=O)=O. The van der Waals surface area contributed by atoms with Crippen molar-refractivity contribution in [3.05, 3.63) is 53.2 Å². The summed E-state index contributed by atoms with van der Waals surface area (Å²) in [5, 5.41) is 0. The van der Waals surface area contributed by atoms with E-state index in [1.54, 1.807) is 6.07 Å². The first-order valence-electron chi connectivity index (χ1n) is 7.53. The van der Waals surface area contributed by atoms with Crippen molar-refractivity contribution in [2.45, 2.75) is 27.1 Å². The topological polar surface area (TPSA) is 74.7 Å². The zero-order valence-corrected chi connectivity index (χ0v) is 14.8. The summed E-state index contributed by atoms with van der Waals surface area (Å²) in [6.07, 6.45) is 0.999. The van der Waals surface area contributed by atoms with Gasteiger partial charge in [0.1, 0.15) is 19.0 Å². The highest BCUT2D eigenvalue weighted by molar-refractivity contribution is 7.85. The molecule has 1 heterocycles. The van der Waals surface area contributed by atoms with Gasteiger partial charge in [-0.15, -0.1) is 0 Å². The smallest absolute Gasteiger partial charge is 0.264 e. The van der Waals surface area contributed by atoms with E-state index in [0.29, 0.717) is 36.1 Å². The van der Waals surface area contributed by atoms with Crippen LogP contribution in [0.5, 0.6) is 11.6 Å². The Balaban J connectivity index is 2.29. The van der Waals surface area contributed by atoms with Crippen LogP contribution in [0.1, 0.15) is 23.7 Å². The highest BCUT2D eigenvalue weighted by Crippen LogP contribution is 2.30. The molecule has 130 valence electrons. The minimum Gasteiger partial charge on any atom is -0.493 e. The average molecular weight is 351 g/mol. The maximum absolute atomic E-state index is 11.3. The number of hydrogen-bond donors (Lipinski definition) is 0. The van der Waals surface area contributed by atoms with Crippen LogP contribution in [0.4, 0.5) is 0 Å². The molecule has 0 bridgehead atoms. The van der Waals surface area contributed by atoms with Gasteiger partial charge < -0.3 is 9.47 Å². The van der Waals surface area contributed by atoms with Gasteiger partial charge in [0.25, 0.3) is 10.1 Å². The summed E-state index contributed by atoms with van der Waals surface area (Å²) in [5.74, 6) is 0.822. The van der Waals surface area contributed by atoms with Gasteiger partial charge in [0, 0.05) is 11.8 Å². The van der Waals surface area contributed by atoms with Crippen LogP contribution < -0.4 is 9.47 Å². The van der Waals surface area contributed by atoms with Gasteiger partial charge in [0.2, 0.25) is 5.88 Å². The van der Waals surface area contributed by atoms with Crippen molar-refractivity contribution in [3.8, 4) is 11.6 Å². The lowest BCUT2D eigenvalue weighted by Crippen LogP contribution is -2.09. The number of aryl methyl sites for hydroxylation is 1. The second kappa shape index (κ2) is 8.12. The Morgan fingerprint density at radius 2 is 1.79 bits per heavy atom. The average Bonchev–Trinajstić information content (AvgIpc) is 2.52. The molecular formula is C17H21NO5S. The summed E-state index contributed by atoms with van der Waals surface area (Å²) in [6, 6.07) is 11.4. The first-order valence-corrected chi connectivity index (χ1v) is 9.35. The third kappa shape index (κ3) is 5.50. The Morgan fingerprint density at radius 1 is 1.08 bits per heavy atom. The summed E-state index contributed by atoms with van der Waals surface area (Å²) in [7, 11) is -3.59. The molecule has 24 heavy (non-hydrogen) atoms. The van der Waals surface area contributed by atoms with E-state index < -0.39 is 10.1 Å². The molecule has 0 fully saturated rings. The Labute approximate surface area is 142 Å². The van der Waals surface area contributed by atoms with E-state index in [4.69, 9.17) is 13.7 Å². The third-order valence-corrected chi connectivity index (χ3v) is 3.66. The van der Waals surface area contributed by atoms with Crippen LogP contribution >= 0.6 is 0 Å². The maximum atomic E-state index is 11.3. The zero-order valence-electron chi connectivity index (χ0n) is 14.0. The number of benzene rings is 1. The van der Waals surface area contributed by atoms with Crippen LogP contribution in [0.25, 0.3) is 0 Å². The highest BCUT2D eigenvalue weighted by Gasteiger charge is 2.17. The molecule has 0 amide bonds. The second-order valence-electron chi connectivity index (χ2n) is 5.22. The van der Waals surface area contributed by atoms with E-state index in [0.717, 1.165) is 11.8 Å². The lowest BCUT2D eigenvalue weighted by molar-refractivity contribution is 0.255. The summed E-state index contributed by atoms with van der Waals surface area (Å²) < 4.78 is 38.9. The first kappa shape index (κ1) is 18.2. The molecule has 0 radical (unpaired) electrons. The number of hydrogen-bond acceptors (Lipinski definition) is 6. The lowest BCUT2D eigenvalue weighted by atomic mass is 10.2. The van der Waals surface area contributed by atoms with Gasteiger partial charge >= 0.3 is 0 Å². The summed E-state index contributed by atoms with van der Waals surface area (Å²) in [5.41, 5.74) is 2.17. The quantitative estimate of drug-likeness (QED) is 0.681. The fraction of sp³-hybridized carbons (Fsp3) is 0.353. The van der Waals surface area contributed by atoms with E-state index in [9.17, 15) is 8.42 Å². The molecule has 0 aliphatic heterocycles. The molecule has 0 saturated carbocycles. The van der Waals surface area contributed by atoms with E-state index in [1.807, 2.05) is 44.2 Å². The van der Waals surface area contributed by atoms with Gasteiger partial charge in [0.05, 0.1) is 18.4 Å². The molecule has 0 spiro atoms. The van der Waals surface area contributed by atoms with Crippen LogP contribution in [-0.2, 0) is 27.5 Å². The van der Waals surface area contributed by atoms with Gasteiger partial charge in [-0.25, -0.2) is 4.98 Å². The van der Waals surface area contributed by atoms with Crippen molar-refractivity contribution >= 4 is 10.1 Å². The largest absolute Gasteiger partial charge is 0.493 e. The number of ether oxygens (including phenoxy) is 2. The summed E-state index contributed by atoms with van der Waals surface area (Å²) in [4.78, 5) is 4.35. The fourth-order valence-electron chi connectivity index (χ4n) is 2.07. The van der Waals surface area contributed by atoms with Gasteiger partial charge in [-0.3, -0.25) is 4.18 Å². The maximum Gasteiger partial charge on any atom is 0.264 e. The molecule has 0 N–H and O–H groups in total. The van der Waals surface area contributed by atoms with E-state index in [-0.39, 0.29) is 6.61 Å². The van der Waals surface area contributed by atoms with Crippen molar-refractivity contribution in [3.63, 3.8) is 0 Å².